The van der Waals surface area contributed by atoms with Crippen molar-refractivity contribution in [1.82, 2.24) is 24.7 Å². The van der Waals surface area contributed by atoms with Gasteiger partial charge in [-0.2, -0.15) is 4.98 Å². The van der Waals surface area contributed by atoms with Gasteiger partial charge in [0.1, 0.15) is 5.82 Å². The van der Waals surface area contributed by atoms with Crippen LogP contribution in [-0.4, -0.2) is 24.7 Å². The van der Waals surface area contributed by atoms with Gasteiger partial charge in [-0.05, 0) is 31.9 Å². The van der Waals surface area contributed by atoms with Crippen molar-refractivity contribution in [3.8, 4) is 11.5 Å². The number of hydrogen-bond acceptors (Lipinski definition) is 5. The summed E-state index contributed by atoms with van der Waals surface area (Å²) >= 11 is 0. The molecule has 0 saturated heterocycles. The van der Waals surface area contributed by atoms with Crippen LogP contribution in [0.2, 0.25) is 0 Å². The molecule has 0 spiro atoms. The van der Waals surface area contributed by atoms with Crippen LogP contribution in [0.3, 0.4) is 0 Å². The van der Waals surface area contributed by atoms with Crippen LogP contribution in [-0.2, 0) is 0 Å². The molecule has 1 aliphatic carbocycles. The summed E-state index contributed by atoms with van der Waals surface area (Å²) in [5, 5.41) is 12.1. The molecule has 4 rings (SSSR count). The van der Waals surface area contributed by atoms with Crippen LogP contribution in [0.4, 0.5) is 0 Å². The highest BCUT2D eigenvalue weighted by atomic mass is 16.5. The minimum Gasteiger partial charge on any atom is -0.334 e. The molecule has 0 radical (unpaired) electrons. The summed E-state index contributed by atoms with van der Waals surface area (Å²) in [4.78, 5) is 4.43. The number of hydrogen-bond donors (Lipinski definition) is 0. The van der Waals surface area contributed by atoms with E-state index >= 15 is 0 Å². The number of aryl methyl sites for hydroxylation is 1. The highest BCUT2D eigenvalue weighted by Crippen LogP contribution is 2.38. The second-order valence-corrected chi connectivity index (χ2v) is 4.63. The fourth-order valence-corrected chi connectivity index (χ4v) is 1.99. The normalized spacial score (nSPS) is 15.4. The van der Waals surface area contributed by atoms with Gasteiger partial charge in [-0.25, -0.2) is 0 Å². The van der Waals surface area contributed by atoms with Gasteiger partial charge in [0.25, 0.3) is 5.89 Å². The maximum absolute atomic E-state index is 5.30. The molecule has 3 aromatic rings. The molecule has 1 saturated carbocycles. The minimum absolute atomic E-state index is 0.503. The van der Waals surface area contributed by atoms with E-state index in [1.807, 2.05) is 29.7 Å². The second-order valence-electron chi connectivity index (χ2n) is 4.63. The summed E-state index contributed by atoms with van der Waals surface area (Å²) in [5.74, 6) is 2.73. The molecular formula is C12H11N5O. The summed E-state index contributed by atoms with van der Waals surface area (Å²) in [6.07, 6.45) is 4.26. The third-order valence-electron chi connectivity index (χ3n) is 3.20. The molecule has 90 valence electrons. The summed E-state index contributed by atoms with van der Waals surface area (Å²) in [6.45, 7) is 1.91. The van der Waals surface area contributed by atoms with Crippen molar-refractivity contribution in [2.24, 2.45) is 0 Å². The van der Waals surface area contributed by atoms with Crippen molar-refractivity contribution in [2.45, 2.75) is 25.7 Å². The highest BCUT2D eigenvalue weighted by molar-refractivity contribution is 5.55. The first kappa shape index (κ1) is 9.76. The molecule has 6 nitrogen and oxygen atoms in total. The number of aromatic nitrogens is 5. The quantitative estimate of drug-likeness (QED) is 0.686. The lowest BCUT2D eigenvalue weighted by Crippen LogP contribution is -1.89. The van der Waals surface area contributed by atoms with Crippen molar-refractivity contribution in [3.05, 3.63) is 30.0 Å². The molecule has 3 heterocycles. The Kier molecular flexibility index (Phi) is 1.83. The molecule has 0 N–H and O–H groups in total. The van der Waals surface area contributed by atoms with E-state index in [-0.39, 0.29) is 0 Å². The van der Waals surface area contributed by atoms with Crippen LogP contribution < -0.4 is 0 Å². The van der Waals surface area contributed by atoms with E-state index in [2.05, 4.69) is 20.3 Å². The maximum atomic E-state index is 5.30. The topological polar surface area (TPSA) is 69.1 Å². The lowest BCUT2D eigenvalue weighted by atomic mass is 10.3. The van der Waals surface area contributed by atoms with E-state index in [0.717, 1.165) is 22.9 Å². The van der Waals surface area contributed by atoms with Crippen molar-refractivity contribution in [3.63, 3.8) is 0 Å². The fraction of sp³-hybridized carbons (Fsp3) is 0.333. The Bertz CT molecular complexity index is 725. The van der Waals surface area contributed by atoms with Crippen LogP contribution in [0.25, 0.3) is 17.1 Å². The van der Waals surface area contributed by atoms with Gasteiger partial charge in [0.2, 0.25) is 0 Å². The van der Waals surface area contributed by atoms with Gasteiger partial charge < -0.3 is 4.52 Å². The lowest BCUT2D eigenvalue weighted by Gasteiger charge is -1.97. The average molecular weight is 241 g/mol. The van der Waals surface area contributed by atoms with Crippen LogP contribution in [0.15, 0.2) is 22.9 Å². The van der Waals surface area contributed by atoms with E-state index in [4.69, 9.17) is 4.52 Å². The molecule has 1 fully saturated rings. The number of rotatable bonds is 2. The van der Waals surface area contributed by atoms with Crippen LogP contribution in [0.1, 0.15) is 30.4 Å². The third kappa shape index (κ3) is 1.42. The molecule has 0 unspecified atom stereocenters. The molecule has 0 bridgehead atoms. The largest absolute Gasteiger partial charge is 0.334 e. The van der Waals surface area contributed by atoms with Gasteiger partial charge in [0.05, 0.1) is 5.56 Å². The summed E-state index contributed by atoms with van der Waals surface area (Å²) in [6, 6.07) is 3.82. The Morgan fingerprint density at radius 1 is 1.28 bits per heavy atom. The van der Waals surface area contributed by atoms with Gasteiger partial charge in [-0.1, -0.05) is 5.16 Å². The Balaban J connectivity index is 1.81. The SMILES string of the molecule is Cc1nnc2ccc(-c3nc(C4CC4)no3)cn12. The summed E-state index contributed by atoms with van der Waals surface area (Å²) in [5.41, 5.74) is 1.71. The van der Waals surface area contributed by atoms with E-state index in [0.29, 0.717) is 11.8 Å². The summed E-state index contributed by atoms with van der Waals surface area (Å²) < 4.78 is 7.22. The van der Waals surface area contributed by atoms with E-state index in [1.54, 1.807) is 0 Å². The summed E-state index contributed by atoms with van der Waals surface area (Å²) in [7, 11) is 0. The predicted molar refractivity (Wildman–Crippen MR) is 63.0 cm³/mol. The van der Waals surface area contributed by atoms with Gasteiger partial charge in [0, 0.05) is 12.1 Å². The Morgan fingerprint density at radius 3 is 3.00 bits per heavy atom. The zero-order valence-electron chi connectivity index (χ0n) is 9.87. The first-order chi connectivity index (χ1) is 8.81. The van der Waals surface area contributed by atoms with Crippen molar-refractivity contribution in [1.29, 1.82) is 0 Å². The van der Waals surface area contributed by atoms with Gasteiger partial charge >= 0.3 is 0 Å². The zero-order chi connectivity index (χ0) is 12.1. The molecule has 0 atom stereocenters. The van der Waals surface area contributed by atoms with Crippen molar-refractivity contribution < 1.29 is 4.52 Å². The van der Waals surface area contributed by atoms with Crippen LogP contribution in [0.5, 0.6) is 0 Å². The maximum Gasteiger partial charge on any atom is 0.259 e. The number of pyridine rings is 1. The monoisotopic (exact) mass is 241 g/mol. The van der Waals surface area contributed by atoms with E-state index in [1.165, 1.54) is 12.8 Å². The minimum atomic E-state index is 0.503. The molecule has 0 aromatic carbocycles. The first-order valence-corrected chi connectivity index (χ1v) is 5.96. The highest BCUT2D eigenvalue weighted by Gasteiger charge is 2.29. The van der Waals surface area contributed by atoms with Gasteiger partial charge in [-0.3, -0.25) is 4.40 Å². The van der Waals surface area contributed by atoms with Crippen LogP contribution in [0, 0.1) is 6.92 Å². The van der Waals surface area contributed by atoms with E-state index in [9.17, 15) is 0 Å². The average Bonchev–Trinajstić information content (AvgIpc) is 3.01. The Hall–Kier alpha value is -2.24. The Labute approximate surface area is 103 Å². The third-order valence-corrected chi connectivity index (χ3v) is 3.20. The predicted octanol–water partition coefficient (Wildman–Crippen LogP) is 1.97. The molecule has 0 aliphatic heterocycles. The van der Waals surface area contributed by atoms with E-state index < -0.39 is 0 Å². The molecule has 6 heteroatoms. The number of nitrogens with zero attached hydrogens (tertiary/aromatic N) is 5. The second kappa shape index (κ2) is 3.38. The van der Waals surface area contributed by atoms with Gasteiger partial charge in [-0.15, -0.1) is 10.2 Å². The molecule has 18 heavy (non-hydrogen) atoms. The number of fused-ring (bicyclic) bond motifs is 1. The molecule has 0 amide bonds. The molecule has 1 aliphatic rings. The lowest BCUT2D eigenvalue weighted by molar-refractivity contribution is 0.422. The van der Waals surface area contributed by atoms with Crippen molar-refractivity contribution >= 4 is 5.65 Å². The van der Waals surface area contributed by atoms with Gasteiger partial charge in [0.15, 0.2) is 11.5 Å². The standard InChI is InChI=1S/C12H11N5O/c1-7-14-15-10-5-4-9(6-17(7)10)12-13-11(16-18-12)8-2-3-8/h4-6,8H,2-3H2,1H3. The smallest absolute Gasteiger partial charge is 0.259 e. The molecular weight excluding hydrogens is 230 g/mol. The molecule has 3 aromatic heterocycles. The zero-order valence-corrected chi connectivity index (χ0v) is 9.87. The fourth-order valence-electron chi connectivity index (χ4n) is 1.99. The van der Waals surface area contributed by atoms with Crippen molar-refractivity contribution in [2.75, 3.05) is 0 Å². The first-order valence-electron chi connectivity index (χ1n) is 5.96. The Morgan fingerprint density at radius 2 is 2.17 bits per heavy atom. The van der Waals surface area contributed by atoms with Crippen LogP contribution >= 0.6 is 0 Å².